The van der Waals surface area contributed by atoms with E-state index in [1.165, 1.54) is 0 Å². The first kappa shape index (κ1) is 16.4. The van der Waals surface area contributed by atoms with E-state index < -0.39 is 0 Å². The number of benzene rings is 2. The Labute approximate surface area is 147 Å². The number of thiocarbonyl (C=S) groups is 1. The van der Waals surface area contributed by atoms with Crippen LogP contribution in [0, 0.1) is 0 Å². The lowest BCUT2D eigenvalue weighted by Crippen LogP contribution is -2.49. The van der Waals surface area contributed by atoms with Crippen LogP contribution in [0.5, 0.6) is 0 Å². The summed E-state index contributed by atoms with van der Waals surface area (Å²) in [4.78, 5) is 13.2. The summed E-state index contributed by atoms with van der Waals surface area (Å²) >= 11 is 5.36. The smallest absolute Gasteiger partial charge is 0.193 e. The molecular formula is C20H20N2OS. The molecule has 4 heteroatoms. The zero-order valence-electron chi connectivity index (χ0n) is 13.6. The molecule has 0 saturated heterocycles. The third-order valence-electron chi connectivity index (χ3n) is 4.08. The highest BCUT2D eigenvalue weighted by atomic mass is 32.1. The fourth-order valence-electron chi connectivity index (χ4n) is 2.98. The topological polar surface area (TPSA) is 41.1 Å². The number of ketones is 1. The van der Waals surface area contributed by atoms with Crippen LogP contribution in [-0.4, -0.2) is 16.9 Å². The Hall–Kier alpha value is -2.46. The third kappa shape index (κ3) is 3.39. The number of Topliss-reactive ketones (excluding diaryl/α,β-unsaturated/α-hetero) is 1. The molecule has 1 heterocycles. The van der Waals surface area contributed by atoms with Gasteiger partial charge < -0.3 is 10.6 Å². The third-order valence-corrected chi connectivity index (χ3v) is 4.30. The summed E-state index contributed by atoms with van der Waals surface area (Å²) in [6, 6.07) is 19.2. The maximum Gasteiger partial charge on any atom is 0.193 e. The van der Waals surface area contributed by atoms with Gasteiger partial charge in [0.2, 0.25) is 0 Å². The minimum atomic E-state index is -0.0772. The number of hydrogen-bond acceptors (Lipinski definition) is 2. The zero-order valence-corrected chi connectivity index (χ0v) is 14.4. The van der Waals surface area contributed by atoms with Crippen molar-refractivity contribution in [3.63, 3.8) is 0 Å². The van der Waals surface area contributed by atoms with Gasteiger partial charge in [0.25, 0.3) is 0 Å². The summed E-state index contributed by atoms with van der Waals surface area (Å²) in [6.07, 6.45) is 1.82. The molecule has 3 nitrogen and oxygen atoms in total. The van der Waals surface area contributed by atoms with Crippen molar-refractivity contribution in [1.29, 1.82) is 0 Å². The molecule has 2 aromatic rings. The van der Waals surface area contributed by atoms with E-state index in [1.807, 2.05) is 60.7 Å². The van der Waals surface area contributed by atoms with Crippen molar-refractivity contribution < 1.29 is 4.79 Å². The Morgan fingerprint density at radius 2 is 1.67 bits per heavy atom. The fourth-order valence-corrected chi connectivity index (χ4v) is 3.22. The van der Waals surface area contributed by atoms with E-state index in [1.54, 1.807) is 0 Å². The Balaban J connectivity index is 2.14. The van der Waals surface area contributed by atoms with Crippen LogP contribution in [0.25, 0.3) is 5.70 Å². The molecule has 1 atom stereocenters. The lowest BCUT2D eigenvalue weighted by atomic mass is 9.89. The lowest BCUT2D eigenvalue weighted by molar-refractivity contribution is 0.102. The van der Waals surface area contributed by atoms with Gasteiger partial charge >= 0.3 is 0 Å². The van der Waals surface area contributed by atoms with Crippen molar-refractivity contribution in [3.05, 3.63) is 77.4 Å². The molecular weight excluding hydrogens is 316 g/mol. The molecule has 122 valence electrons. The monoisotopic (exact) mass is 336 g/mol. The number of carbonyl (C=O) groups is 1. The van der Waals surface area contributed by atoms with Gasteiger partial charge in [-0.1, -0.05) is 74.0 Å². The number of nitrogens with one attached hydrogen (secondary N) is 2. The van der Waals surface area contributed by atoms with E-state index in [4.69, 9.17) is 12.2 Å². The molecule has 0 unspecified atom stereocenters. The van der Waals surface area contributed by atoms with Crippen LogP contribution in [0.3, 0.4) is 0 Å². The van der Waals surface area contributed by atoms with E-state index in [0.717, 1.165) is 29.7 Å². The first-order valence-electron chi connectivity index (χ1n) is 8.17. The Morgan fingerprint density at radius 1 is 1.04 bits per heavy atom. The summed E-state index contributed by atoms with van der Waals surface area (Å²) in [6.45, 7) is 2.11. The second kappa shape index (κ2) is 7.41. The van der Waals surface area contributed by atoms with Crippen LogP contribution in [0.4, 0.5) is 0 Å². The maximum atomic E-state index is 13.2. The van der Waals surface area contributed by atoms with Crippen molar-refractivity contribution in [1.82, 2.24) is 10.6 Å². The van der Waals surface area contributed by atoms with Gasteiger partial charge in [-0.2, -0.15) is 0 Å². The van der Waals surface area contributed by atoms with Crippen molar-refractivity contribution in [2.45, 2.75) is 25.8 Å². The predicted molar refractivity (Wildman–Crippen MR) is 102 cm³/mol. The van der Waals surface area contributed by atoms with Crippen molar-refractivity contribution in [2.75, 3.05) is 0 Å². The number of carbonyl (C=O) groups excluding carboxylic acids is 1. The molecule has 0 aliphatic carbocycles. The van der Waals surface area contributed by atoms with Gasteiger partial charge in [0, 0.05) is 11.1 Å². The second-order valence-electron chi connectivity index (χ2n) is 5.79. The van der Waals surface area contributed by atoms with Gasteiger partial charge in [-0.15, -0.1) is 0 Å². The van der Waals surface area contributed by atoms with Crippen molar-refractivity contribution >= 4 is 28.8 Å². The van der Waals surface area contributed by atoms with Crippen LogP contribution in [0.2, 0.25) is 0 Å². The van der Waals surface area contributed by atoms with Gasteiger partial charge in [0.05, 0.1) is 11.7 Å². The maximum absolute atomic E-state index is 13.2. The molecule has 0 bridgehead atoms. The summed E-state index contributed by atoms with van der Waals surface area (Å²) in [7, 11) is 0. The second-order valence-corrected chi connectivity index (χ2v) is 6.20. The summed E-state index contributed by atoms with van der Waals surface area (Å²) < 4.78 is 0. The van der Waals surface area contributed by atoms with Gasteiger partial charge in [-0.05, 0) is 24.2 Å². The van der Waals surface area contributed by atoms with E-state index in [2.05, 4.69) is 17.6 Å². The van der Waals surface area contributed by atoms with E-state index >= 15 is 0 Å². The van der Waals surface area contributed by atoms with Crippen LogP contribution in [0.15, 0.2) is 66.2 Å². The van der Waals surface area contributed by atoms with Gasteiger partial charge in [-0.3, -0.25) is 4.79 Å². The molecule has 24 heavy (non-hydrogen) atoms. The normalized spacial score (nSPS) is 17.2. The van der Waals surface area contributed by atoms with Crippen LogP contribution in [-0.2, 0) is 0 Å². The van der Waals surface area contributed by atoms with E-state index in [-0.39, 0.29) is 11.8 Å². The van der Waals surface area contributed by atoms with Gasteiger partial charge in [0.15, 0.2) is 10.9 Å². The molecule has 2 aromatic carbocycles. The van der Waals surface area contributed by atoms with E-state index in [0.29, 0.717) is 10.7 Å². The number of rotatable bonds is 5. The summed E-state index contributed by atoms with van der Waals surface area (Å²) in [5.41, 5.74) is 3.23. The largest absolute Gasteiger partial charge is 0.355 e. The predicted octanol–water partition coefficient (Wildman–Crippen LogP) is 3.93. The van der Waals surface area contributed by atoms with Crippen LogP contribution < -0.4 is 10.6 Å². The van der Waals surface area contributed by atoms with E-state index in [9.17, 15) is 4.79 Å². The lowest BCUT2D eigenvalue weighted by Gasteiger charge is -2.31. The van der Waals surface area contributed by atoms with Crippen molar-refractivity contribution in [2.24, 2.45) is 0 Å². The average molecular weight is 336 g/mol. The molecule has 1 aliphatic heterocycles. The van der Waals surface area contributed by atoms with Crippen LogP contribution >= 0.6 is 12.2 Å². The first-order chi connectivity index (χ1) is 11.7. The quantitative estimate of drug-likeness (QED) is 0.641. The minimum Gasteiger partial charge on any atom is -0.355 e. The minimum absolute atomic E-state index is 0.0374. The molecule has 0 fully saturated rings. The zero-order chi connectivity index (χ0) is 16.9. The summed E-state index contributed by atoms with van der Waals surface area (Å²) in [5.74, 6) is 0.0374. The molecule has 0 aromatic heterocycles. The molecule has 0 saturated carbocycles. The van der Waals surface area contributed by atoms with Crippen molar-refractivity contribution in [3.8, 4) is 0 Å². The molecule has 0 amide bonds. The highest BCUT2D eigenvalue weighted by molar-refractivity contribution is 7.80. The molecule has 3 rings (SSSR count). The SMILES string of the molecule is CCC[C@@H]1NC(=S)NC(c2ccccc2)=C1C(=O)c1ccccc1. The molecule has 1 aliphatic rings. The fraction of sp³-hybridized carbons (Fsp3) is 0.200. The first-order valence-corrected chi connectivity index (χ1v) is 8.58. The van der Waals surface area contributed by atoms with Gasteiger partial charge in [-0.25, -0.2) is 0 Å². The number of hydrogen-bond donors (Lipinski definition) is 2. The highest BCUT2D eigenvalue weighted by Gasteiger charge is 2.30. The standard InChI is InChI=1S/C20H20N2OS/c1-2-9-16-17(19(23)15-12-7-4-8-13-15)18(22-20(24)21-16)14-10-5-3-6-11-14/h3-8,10-13,16H,2,9H2,1H3,(H2,21,22,24)/t16-/m0/s1. The van der Waals surface area contributed by atoms with Gasteiger partial charge in [0.1, 0.15) is 0 Å². The summed E-state index contributed by atoms with van der Waals surface area (Å²) in [5, 5.41) is 7.03. The Bertz CT molecular complexity index is 769. The highest BCUT2D eigenvalue weighted by Crippen LogP contribution is 2.27. The Morgan fingerprint density at radius 3 is 2.29 bits per heavy atom. The molecule has 0 radical (unpaired) electrons. The molecule has 0 spiro atoms. The molecule has 2 N–H and O–H groups in total. The Kier molecular flexibility index (Phi) is 5.06. The van der Waals surface area contributed by atoms with Crippen LogP contribution in [0.1, 0.15) is 35.7 Å². The average Bonchev–Trinajstić information content (AvgIpc) is 2.62.